The van der Waals surface area contributed by atoms with Crippen LogP contribution in [-0.4, -0.2) is 41.9 Å². The van der Waals surface area contributed by atoms with E-state index >= 15 is 0 Å². The van der Waals surface area contributed by atoms with Gasteiger partial charge in [0.25, 0.3) is 0 Å². The van der Waals surface area contributed by atoms with Crippen LogP contribution in [0.25, 0.3) is 0 Å². The lowest BCUT2D eigenvalue weighted by Gasteiger charge is -2.48. The molecule has 0 amide bonds. The maximum absolute atomic E-state index is 10.3. The maximum atomic E-state index is 10.3. The molecule has 0 bridgehead atoms. The van der Waals surface area contributed by atoms with Crippen LogP contribution in [0.1, 0.15) is 61.3 Å². The number of hydrogen-bond donors (Lipinski definition) is 1. The molecule has 1 N–H and O–H groups in total. The van der Waals surface area contributed by atoms with Crippen LogP contribution in [0.2, 0.25) is 0 Å². The summed E-state index contributed by atoms with van der Waals surface area (Å²) < 4.78 is 18.7. The second-order valence-corrected chi connectivity index (χ2v) is 7.77. The lowest BCUT2D eigenvalue weighted by atomic mass is 9.80. The lowest BCUT2D eigenvalue weighted by molar-refractivity contribution is -0.306. The highest BCUT2D eigenvalue weighted by Crippen LogP contribution is 2.38. The van der Waals surface area contributed by atoms with Crippen LogP contribution in [0.15, 0.2) is 0 Å². The molecule has 0 spiro atoms. The predicted molar refractivity (Wildman–Crippen MR) is 91.1 cm³/mol. The monoisotopic (exact) mass is 328 g/mol. The Morgan fingerprint density at radius 3 is 1.96 bits per heavy atom. The topological polar surface area (TPSA) is 47.9 Å². The van der Waals surface area contributed by atoms with Crippen molar-refractivity contribution in [2.45, 2.75) is 98.1 Å². The molecule has 0 aromatic heterocycles. The van der Waals surface area contributed by atoms with E-state index in [2.05, 4.69) is 48.5 Å². The number of rotatable bonds is 4. The Bertz CT molecular complexity index is 372. The largest absolute Gasteiger partial charge is 0.390 e. The quantitative estimate of drug-likeness (QED) is 0.856. The van der Waals surface area contributed by atoms with E-state index in [1.807, 2.05) is 0 Å². The molecule has 0 aromatic carbocycles. The Balaban J connectivity index is 2.08. The van der Waals surface area contributed by atoms with Gasteiger partial charge in [-0.25, -0.2) is 0 Å². The molecule has 2 saturated heterocycles. The van der Waals surface area contributed by atoms with E-state index in [1.54, 1.807) is 0 Å². The molecule has 10 atom stereocenters. The molecule has 4 heteroatoms. The second kappa shape index (κ2) is 7.81. The minimum Gasteiger partial charge on any atom is -0.390 e. The van der Waals surface area contributed by atoms with Gasteiger partial charge in [0.1, 0.15) is 0 Å². The first kappa shape index (κ1) is 19.2. The summed E-state index contributed by atoms with van der Waals surface area (Å²) in [5.41, 5.74) is 0. The van der Waals surface area contributed by atoms with Gasteiger partial charge in [0.2, 0.25) is 0 Å². The molecule has 0 aromatic rings. The van der Waals surface area contributed by atoms with Crippen molar-refractivity contribution in [3.05, 3.63) is 0 Å². The van der Waals surface area contributed by atoms with Gasteiger partial charge in [-0.15, -0.1) is 0 Å². The average Bonchev–Trinajstić information content (AvgIpc) is 2.54. The molecule has 2 rings (SSSR count). The summed E-state index contributed by atoms with van der Waals surface area (Å²) >= 11 is 0. The van der Waals surface area contributed by atoms with E-state index in [4.69, 9.17) is 14.2 Å². The van der Waals surface area contributed by atoms with Gasteiger partial charge in [-0.3, -0.25) is 0 Å². The Morgan fingerprint density at radius 2 is 1.39 bits per heavy atom. The maximum Gasteiger partial charge on any atom is 0.161 e. The highest BCUT2D eigenvalue weighted by atomic mass is 16.7. The highest BCUT2D eigenvalue weighted by Gasteiger charge is 2.45. The van der Waals surface area contributed by atoms with Crippen LogP contribution in [0.4, 0.5) is 0 Å². The number of aliphatic hydroxyl groups is 1. The molecule has 2 aliphatic rings. The Hall–Kier alpha value is -0.160. The number of hydrogen-bond acceptors (Lipinski definition) is 4. The van der Waals surface area contributed by atoms with Gasteiger partial charge in [-0.05, 0) is 37.5 Å². The van der Waals surface area contributed by atoms with Crippen molar-refractivity contribution in [3.63, 3.8) is 0 Å². The van der Waals surface area contributed by atoms with E-state index in [0.29, 0.717) is 17.9 Å². The summed E-state index contributed by atoms with van der Waals surface area (Å²) in [7, 11) is 0. The van der Waals surface area contributed by atoms with Crippen LogP contribution in [0.5, 0.6) is 0 Å². The van der Waals surface area contributed by atoms with Crippen LogP contribution in [0.3, 0.4) is 0 Å². The number of aliphatic hydroxyl groups excluding tert-OH is 1. The van der Waals surface area contributed by atoms with Gasteiger partial charge in [0.05, 0.1) is 30.5 Å². The van der Waals surface area contributed by atoms with Crippen LogP contribution in [0, 0.1) is 23.7 Å². The summed E-state index contributed by atoms with van der Waals surface area (Å²) in [5, 5.41) is 10.3. The molecule has 0 aliphatic carbocycles. The summed E-state index contributed by atoms with van der Waals surface area (Å²) in [5.74, 6) is 1.26. The van der Waals surface area contributed by atoms with Gasteiger partial charge >= 0.3 is 0 Å². The molecule has 4 unspecified atom stereocenters. The first-order chi connectivity index (χ1) is 10.8. The van der Waals surface area contributed by atoms with Crippen LogP contribution >= 0.6 is 0 Å². The third-order valence-electron chi connectivity index (χ3n) is 6.37. The van der Waals surface area contributed by atoms with Gasteiger partial charge < -0.3 is 19.3 Å². The van der Waals surface area contributed by atoms with E-state index in [-0.39, 0.29) is 36.4 Å². The Labute approximate surface area is 141 Å². The van der Waals surface area contributed by atoms with Crippen molar-refractivity contribution in [1.82, 2.24) is 0 Å². The Kier molecular flexibility index (Phi) is 6.51. The van der Waals surface area contributed by atoms with Crippen molar-refractivity contribution in [2.24, 2.45) is 23.7 Å². The van der Waals surface area contributed by atoms with Gasteiger partial charge in [0, 0.05) is 5.92 Å². The third kappa shape index (κ3) is 3.76. The summed E-state index contributed by atoms with van der Waals surface area (Å²) in [6.07, 6.45) is 1.47. The molecule has 23 heavy (non-hydrogen) atoms. The molecular weight excluding hydrogens is 292 g/mol. The van der Waals surface area contributed by atoms with Crippen molar-refractivity contribution in [1.29, 1.82) is 0 Å². The Morgan fingerprint density at radius 1 is 0.783 bits per heavy atom. The summed E-state index contributed by atoms with van der Waals surface area (Å²) in [6.45, 7) is 15.1. The zero-order chi connectivity index (χ0) is 17.3. The first-order valence-corrected chi connectivity index (χ1v) is 9.46. The van der Waals surface area contributed by atoms with E-state index in [1.165, 1.54) is 0 Å². The zero-order valence-corrected chi connectivity index (χ0v) is 15.9. The second-order valence-electron chi connectivity index (χ2n) is 7.77. The molecular formula is C19H36O4. The van der Waals surface area contributed by atoms with Crippen LogP contribution < -0.4 is 0 Å². The molecule has 0 saturated carbocycles. The van der Waals surface area contributed by atoms with Crippen LogP contribution in [-0.2, 0) is 14.2 Å². The first-order valence-electron chi connectivity index (χ1n) is 9.46. The fraction of sp³-hybridized carbons (Fsp3) is 1.00. The van der Waals surface area contributed by atoms with E-state index in [9.17, 15) is 5.11 Å². The van der Waals surface area contributed by atoms with Crippen molar-refractivity contribution < 1.29 is 19.3 Å². The molecule has 0 radical (unpaired) electrons. The minimum absolute atomic E-state index is 0.0419. The fourth-order valence-corrected chi connectivity index (χ4v) is 4.17. The fourth-order valence-electron chi connectivity index (χ4n) is 4.17. The normalized spacial score (nSPS) is 51.7. The van der Waals surface area contributed by atoms with Crippen molar-refractivity contribution in [3.8, 4) is 0 Å². The third-order valence-corrected chi connectivity index (χ3v) is 6.37. The molecule has 2 fully saturated rings. The van der Waals surface area contributed by atoms with E-state index < -0.39 is 6.10 Å². The van der Waals surface area contributed by atoms with Crippen molar-refractivity contribution in [2.75, 3.05) is 0 Å². The molecule has 4 nitrogen and oxygen atoms in total. The number of ether oxygens (including phenoxy) is 3. The average molecular weight is 328 g/mol. The summed E-state index contributed by atoms with van der Waals surface area (Å²) in [4.78, 5) is 0. The van der Waals surface area contributed by atoms with Gasteiger partial charge in [0.15, 0.2) is 6.29 Å². The smallest absolute Gasteiger partial charge is 0.161 e. The molecule has 2 heterocycles. The van der Waals surface area contributed by atoms with Gasteiger partial charge in [-0.2, -0.15) is 0 Å². The highest BCUT2D eigenvalue weighted by molar-refractivity contribution is 4.89. The SMILES string of the molecule is CCC1O[C@H](C)C(O[C@@H]2OC(CC)[C@@H](O)[C@H](C)C2C)[C@@H](C)[C@@H]1C. The van der Waals surface area contributed by atoms with Crippen molar-refractivity contribution >= 4 is 0 Å². The van der Waals surface area contributed by atoms with E-state index in [0.717, 1.165) is 12.8 Å². The lowest BCUT2D eigenvalue weighted by Crippen LogP contribution is -2.55. The minimum atomic E-state index is -0.407. The van der Waals surface area contributed by atoms with Gasteiger partial charge in [-0.1, -0.05) is 41.5 Å². The zero-order valence-electron chi connectivity index (χ0n) is 15.9. The molecule has 136 valence electrons. The summed E-state index contributed by atoms with van der Waals surface area (Å²) in [6, 6.07) is 0. The molecule has 2 aliphatic heterocycles. The predicted octanol–water partition coefficient (Wildman–Crippen LogP) is 3.61. The standard InChI is InChI=1S/C19H36O4/c1-8-15-10(3)12(5)18(14(7)21-15)23-19-13(6)11(4)17(20)16(9-2)22-19/h10-20H,8-9H2,1-7H3/t10-,11+,12-,13?,14+,15?,16?,17-,18?,19-/m0/s1.